The van der Waals surface area contributed by atoms with Gasteiger partial charge < -0.3 is 5.11 Å². The van der Waals surface area contributed by atoms with E-state index in [2.05, 4.69) is 15.0 Å². The molecule has 2 rings (SSSR count). The summed E-state index contributed by atoms with van der Waals surface area (Å²) in [6.45, 7) is 2.19. The fraction of sp³-hybridized carbons (Fsp3) is 0.364. The van der Waals surface area contributed by atoms with Gasteiger partial charge in [-0.05, 0) is 18.2 Å². The number of aromatic carboxylic acids is 1. The predicted molar refractivity (Wildman–Crippen MR) is 72.0 cm³/mol. The smallest absolute Gasteiger partial charge is 0.335 e. The van der Waals surface area contributed by atoms with Crippen LogP contribution in [-0.2, 0) is 16.6 Å². The van der Waals surface area contributed by atoms with Crippen molar-refractivity contribution in [3.8, 4) is 0 Å². The molecule has 0 fully saturated rings. The van der Waals surface area contributed by atoms with E-state index in [9.17, 15) is 13.2 Å². The molecule has 0 spiro atoms. The number of hydrogen-bond donors (Lipinski definition) is 2. The summed E-state index contributed by atoms with van der Waals surface area (Å²) in [7, 11) is -3.33. The van der Waals surface area contributed by atoms with Crippen LogP contribution in [0.5, 0.6) is 0 Å². The van der Waals surface area contributed by atoms with Gasteiger partial charge in [-0.25, -0.2) is 22.6 Å². The van der Waals surface area contributed by atoms with Crippen molar-refractivity contribution >= 4 is 27.0 Å². The highest BCUT2D eigenvalue weighted by Crippen LogP contribution is 2.13. The topological polar surface area (TPSA) is 114 Å². The van der Waals surface area contributed by atoms with Gasteiger partial charge in [0.25, 0.3) is 0 Å². The zero-order valence-electron chi connectivity index (χ0n) is 10.8. The van der Waals surface area contributed by atoms with Crippen molar-refractivity contribution in [2.24, 2.45) is 0 Å². The summed E-state index contributed by atoms with van der Waals surface area (Å²) in [5.74, 6) is -1.16. The summed E-state index contributed by atoms with van der Waals surface area (Å²) in [5, 5.41) is 16.6. The highest BCUT2D eigenvalue weighted by atomic mass is 32.2. The second-order valence-corrected chi connectivity index (χ2v) is 6.06. The molecule has 1 heterocycles. The van der Waals surface area contributed by atoms with E-state index in [0.717, 1.165) is 0 Å². The van der Waals surface area contributed by atoms with Crippen molar-refractivity contribution < 1.29 is 18.3 Å². The van der Waals surface area contributed by atoms with Crippen LogP contribution in [0.4, 0.5) is 0 Å². The molecular formula is C11H14N4O4S. The molecule has 0 saturated carbocycles. The molecule has 0 atom stereocenters. The van der Waals surface area contributed by atoms with Gasteiger partial charge in [0, 0.05) is 6.54 Å². The maximum atomic E-state index is 11.6. The standard InChI is InChI=1S/C11H14N4O4S/c1-2-12-20(18,19)6-5-15-10-4-3-8(11(16)17)7-9(10)13-14-15/h3-4,7,12H,2,5-6H2,1H3,(H,16,17). The summed E-state index contributed by atoms with van der Waals surface area (Å²) >= 11 is 0. The number of aryl methyl sites for hydroxylation is 1. The van der Waals surface area contributed by atoms with Crippen molar-refractivity contribution in [1.82, 2.24) is 19.7 Å². The summed E-state index contributed by atoms with van der Waals surface area (Å²) in [5.41, 5.74) is 1.14. The van der Waals surface area contributed by atoms with Gasteiger partial charge in [-0.3, -0.25) is 0 Å². The van der Waals surface area contributed by atoms with Gasteiger partial charge in [0.1, 0.15) is 5.52 Å². The molecular weight excluding hydrogens is 284 g/mol. The molecule has 108 valence electrons. The Labute approximate surface area is 115 Å². The van der Waals surface area contributed by atoms with Crippen LogP contribution in [-0.4, -0.2) is 46.8 Å². The van der Waals surface area contributed by atoms with Gasteiger partial charge in [-0.15, -0.1) is 5.10 Å². The minimum atomic E-state index is -3.33. The van der Waals surface area contributed by atoms with Crippen molar-refractivity contribution in [3.63, 3.8) is 0 Å². The van der Waals surface area contributed by atoms with Crippen molar-refractivity contribution in [2.45, 2.75) is 13.5 Å². The highest BCUT2D eigenvalue weighted by Gasteiger charge is 2.12. The molecule has 1 aromatic heterocycles. The molecule has 0 aliphatic carbocycles. The van der Waals surface area contributed by atoms with Crippen LogP contribution in [0.3, 0.4) is 0 Å². The lowest BCUT2D eigenvalue weighted by molar-refractivity contribution is 0.0697. The third-order valence-electron chi connectivity index (χ3n) is 2.70. The van der Waals surface area contributed by atoms with Gasteiger partial charge in [0.05, 0.1) is 23.4 Å². The summed E-state index contributed by atoms with van der Waals surface area (Å²) in [6.07, 6.45) is 0. The number of carboxylic acids is 1. The molecule has 9 heteroatoms. The summed E-state index contributed by atoms with van der Waals surface area (Å²) in [4.78, 5) is 10.8. The Kier molecular flexibility index (Phi) is 4.00. The maximum Gasteiger partial charge on any atom is 0.335 e. The van der Waals surface area contributed by atoms with E-state index in [1.807, 2.05) is 0 Å². The van der Waals surface area contributed by atoms with E-state index in [0.29, 0.717) is 17.6 Å². The fourth-order valence-electron chi connectivity index (χ4n) is 1.77. The molecule has 0 bridgehead atoms. The van der Waals surface area contributed by atoms with Crippen molar-refractivity contribution in [1.29, 1.82) is 0 Å². The van der Waals surface area contributed by atoms with E-state index < -0.39 is 16.0 Å². The van der Waals surface area contributed by atoms with Crippen LogP contribution in [0.2, 0.25) is 0 Å². The first-order valence-corrected chi connectivity index (χ1v) is 7.62. The molecule has 0 amide bonds. The molecule has 0 aliphatic heterocycles. The molecule has 2 aromatic rings. The SMILES string of the molecule is CCNS(=O)(=O)CCn1nnc2cc(C(=O)O)ccc21. The molecule has 2 N–H and O–H groups in total. The monoisotopic (exact) mass is 298 g/mol. The number of nitrogens with one attached hydrogen (secondary N) is 1. The van der Waals surface area contributed by atoms with Crippen LogP contribution in [0.15, 0.2) is 18.2 Å². The van der Waals surface area contributed by atoms with Gasteiger partial charge in [-0.2, -0.15) is 0 Å². The normalized spacial score (nSPS) is 11.8. The highest BCUT2D eigenvalue weighted by molar-refractivity contribution is 7.89. The molecule has 8 nitrogen and oxygen atoms in total. The molecule has 0 unspecified atom stereocenters. The third-order valence-corrected chi connectivity index (χ3v) is 4.15. The summed E-state index contributed by atoms with van der Waals surface area (Å²) in [6, 6.07) is 4.40. The van der Waals surface area contributed by atoms with E-state index in [4.69, 9.17) is 5.11 Å². The number of carboxylic acid groups (broad SMARTS) is 1. The van der Waals surface area contributed by atoms with Crippen LogP contribution >= 0.6 is 0 Å². The number of sulfonamides is 1. The Morgan fingerprint density at radius 2 is 2.20 bits per heavy atom. The van der Waals surface area contributed by atoms with Crippen LogP contribution in [0.25, 0.3) is 11.0 Å². The average Bonchev–Trinajstić information content (AvgIpc) is 2.78. The Hall–Kier alpha value is -2.00. The molecule has 0 radical (unpaired) electrons. The molecule has 0 aliphatic rings. The Morgan fingerprint density at radius 1 is 1.45 bits per heavy atom. The minimum absolute atomic E-state index is 0.111. The maximum absolute atomic E-state index is 11.6. The second kappa shape index (κ2) is 5.55. The number of carbonyl (C=O) groups is 1. The molecule has 0 saturated heterocycles. The lowest BCUT2D eigenvalue weighted by Gasteiger charge is -2.04. The number of fused-ring (bicyclic) bond motifs is 1. The van der Waals surface area contributed by atoms with Crippen LogP contribution < -0.4 is 4.72 Å². The lowest BCUT2D eigenvalue weighted by Crippen LogP contribution is -2.28. The largest absolute Gasteiger partial charge is 0.478 e. The van der Waals surface area contributed by atoms with Gasteiger partial charge >= 0.3 is 5.97 Å². The zero-order valence-corrected chi connectivity index (χ0v) is 11.6. The zero-order chi connectivity index (χ0) is 14.8. The Morgan fingerprint density at radius 3 is 2.85 bits per heavy atom. The van der Waals surface area contributed by atoms with Crippen LogP contribution in [0.1, 0.15) is 17.3 Å². The van der Waals surface area contributed by atoms with E-state index >= 15 is 0 Å². The van der Waals surface area contributed by atoms with Gasteiger partial charge in [-0.1, -0.05) is 12.1 Å². The average molecular weight is 298 g/mol. The molecule has 1 aromatic carbocycles. The quantitative estimate of drug-likeness (QED) is 0.780. The fourth-order valence-corrected chi connectivity index (χ4v) is 2.77. The van der Waals surface area contributed by atoms with Crippen LogP contribution in [0, 0.1) is 0 Å². The van der Waals surface area contributed by atoms with Gasteiger partial charge in [0.2, 0.25) is 10.0 Å². The second-order valence-electron chi connectivity index (χ2n) is 4.14. The van der Waals surface area contributed by atoms with Gasteiger partial charge in [0.15, 0.2) is 0 Å². The van der Waals surface area contributed by atoms with E-state index in [-0.39, 0.29) is 17.9 Å². The number of aromatic nitrogens is 3. The first kappa shape index (κ1) is 14.4. The number of benzene rings is 1. The first-order valence-electron chi connectivity index (χ1n) is 5.97. The van der Waals surface area contributed by atoms with Crippen molar-refractivity contribution in [3.05, 3.63) is 23.8 Å². The summed E-state index contributed by atoms with van der Waals surface area (Å²) < 4.78 is 26.9. The lowest BCUT2D eigenvalue weighted by atomic mass is 10.2. The van der Waals surface area contributed by atoms with E-state index in [1.54, 1.807) is 13.0 Å². The third kappa shape index (κ3) is 3.11. The molecule has 20 heavy (non-hydrogen) atoms. The number of hydrogen-bond acceptors (Lipinski definition) is 5. The minimum Gasteiger partial charge on any atom is -0.478 e. The number of nitrogens with zero attached hydrogens (tertiary/aromatic N) is 3. The first-order chi connectivity index (χ1) is 9.43. The van der Waals surface area contributed by atoms with Crippen molar-refractivity contribution in [2.75, 3.05) is 12.3 Å². The number of rotatable bonds is 6. The Bertz CT molecular complexity index is 738. The van der Waals surface area contributed by atoms with E-state index in [1.165, 1.54) is 16.8 Å². The Balaban J connectivity index is 2.22. The predicted octanol–water partition coefficient (Wildman–Crippen LogP) is 0.0688.